The van der Waals surface area contributed by atoms with E-state index in [-0.39, 0.29) is 42.9 Å². The third-order valence-corrected chi connectivity index (χ3v) is 9.05. The number of sulfonamides is 1. The Labute approximate surface area is 219 Å². The Morgan fingerprint density at radius 3 is 2.58 bits per heavy atom. The van der Waals surface area contributed by atoms with Gasteiger partial charge in [-0.15, -0.1) is 11.3 Å². The number of carbonyl (C=O) groups is 1. The molecule has 2 heterocycles. The summed E-state index contributed by atoms with van der Waals surface area (Å²) in [6, 6.07) is 13.1. The number of hydrogen-bond acceptors (Lipinski definition) is 6. The molecule has 0 saturated heterocycles. The topological polar surface area (TPSA) is 76.2 Å². The quantitative estimate of drug-likeness (QED) is 0.373. The molecule has 0 spiro atoms. The second-order valence-electron chi connectivity index (χ2n) is 8.20. The van der Waals surface area contributed by atoms with Gasteiger partial charge in [0.15, 0.2) is 0 Å². The first kappa shape index (κ1) is 26.6. The van der Waals surface area contributed by atoms with Crippen molar-refractivity contribution in [1.82, 2.24) is 9.21 Å². The van der Waals surface area contributed by atoms with Gasteiger partial charge in [-0.3, -0.25) is 4.79 Å². The van der Waals surface area contributed by atoms with Crippen LogP contribution in [-0.2, 0) is 26.0 Å². The fourth-order valence-corrected chi connectivity index (χ4v) is 6.48. The molecule has 0 radical (unpaired) electrons. The van der Waals surface area contributed by atoms with E-state index >= 15 is 0 Å². The number of hydrogen-bond donors (Lipinski definition) is 0. The predicted octanol–water partition coefficient (Wildman–Crippen LogP) is 4.38. The van der Waals surface area contributed by atoms with E-state index in [0.29, 0.717) is 23.7 Å². The molecule has 0 N–H and O–H groups in total. The summed E-state index contributed by atoms with van der Waals surface area (Å²) in [6.45, 7) is 0.389. The SMILES string of the molecule is COCCN(CC(=O)N1CCc2sccc2C1COc1ccc(F)cc1)S(=O)(=O)c1ccc(Cl)cc1. The standard InChI is InChI=1S/C25H26ClFN2O5S2/c1-33-14-13-28(36(31,32)21-8-2-18(26)3-9-21)16-25(30)29-12-10-24-22(11-15-35-24)23(29)17-34-20-6-4-19(27)5-7-20/h2-9,11,15,23H,10,12-14,16-17H2,1H3. The van der Waals surface area contributed by atoms with Crippen molar-refractivity contribution in [3.63, 3.8) is 0 Å². The lowest BCUT2D eigenvalue weighted by Gasteiger charge is -2.37. The van der Waals surface area contributed by atoms with Crippen LogP contribution in [-0.4, -0.2) is 63.5 Å². The third kappa shape index (κ3) is 6.07. The van der Waals surface area contributed by atoms with Gasteiger partial charge in [0, 0.05) is 30.1 Å². The molecule has 3 aromatic rings. The van der Waals surface area contributed by atoms with E-state index < -0.39 is 16.1 Å². The normalized spacial score (nSPS) is 15.7. The Hall–Kier alpha value is -2.50. The minimum absolute atomic E-state index is 0.0154. The van der Waals surface area contributed by atoms with Crippen molar-refractivity contribution < 1.29 is 27.1 Å². The predicted molar refractivity (Wildman–Crippen MR) is 136 cm³/mol. The molecule has 0 fully saturated rings. The van der Waals surface area contributed by atoms with E-state index in [4.69, 9.17) is 21.1 Å². The number of ether oxygens (including phenoxy) is 2. The van der Waals surface area contributed by atoms with Crippen molar-refractivity contribution in [2.75, 3.05) is 40.0 Å². The molecular weight excluding hydrogens is 527 g/mol. The van der Waals surface area contributed by atoms with Gasteiger partial charge in [0.1, 0.15) is 18.2 Å². The summed E-state index contributed by atoms with van der Waals surface area (Å²) in [5, 5.41) is 2.39. The average molecular weight is 553 g/mol. The smallest absolute Gasteiger partial charge is 0.243 e. The highest BCUT2D eigenvalue weighted by Gasteiger charge is 2.35. The van der Waals surface area contributed by atoms with Gasteiger partial charge in [0.2, 0.25) is 15.9 Å². The van der Waals surface area contributed by atoms with Crippen LogP contribution in [0.1, 0.15) is 16.5 Å². The number of amides is 1. The van der Waals surface area contributed by atoms with Crippen LogP contribution in [0.4, 0.5) is 4.39 Å². The lowest BCUT2D eigenvalue weighted by Crippen LogP contribution is -2.48. The van der Waals surface area contributed by atoms with Crippen LogP contribution in [0, 0.1) is 5.82 Å². The highest BCUT2D eigenvalue weighted by molar-refractivity contribution is 7.89. The molecule has 192 valence electrons. The zero-order chi connectivity index (χ0) is 25.7. The highest BCUT2D eigenvalue weighted by atomic mass is 35.5. The van der Waals surface area contributed by atoms with E-state index in [1.54, 1.807) is 16.2 Å². The van der Waals surface area contributed by atoms with Crippen molar-refractivity contribution in [2.45, 2.75) is 17.4 Å². The van der Waals surface area contributed by atoms with Gasteiger partial charge in [-0.25, -0.2) is 12.8 Å². The van der Waals surface area contributed by atoms with Crippen LogP contribution in [0.3, 0.4) is 0 Å². The molecule has 1 atom stereocenters. The van der Waals surface area contributed by atoms with E-state index in [0.717, 1.165) is 14.7 Å². The summed E-state index contributed by atoms with van der Waals surface area (Å²) in [7, 11) is -2.50. The zero-order valence-corrected chi connectivity index (χ0v) is 22.0. The summed E-state index contributed by atoms with van der Waals surface area (Å²) in [4.78, 5) is 16.4. The first-order valence-corrected chi connectivity index (χ1v) is 14.0. The van der Waals surface area contributed by atoms with Crippen LogP contribution in [0.2, 0.25) is 5.02 Å². The third-order valence-electron chi connectivity index (χ3n) is 5.94. The molecule has 1 aromatic heterocycles. The van der Waals surface area contributed by atoms with E-state index in [1.807, 2.05) is 11.4 Å². The Morgan fingerprint density at radius 2 is 1.89 bits per heavy atom. The summed E-state index contributed by atoms with van der Waals surface area (Å²) >= 11 is 7.54. The molecule has 0 saturated carbocycles. The van der Waals surface area contributed by atoms with Crippen LogP contribution in [0.15, 0.2) is 64.9 Å². The second-order valence-corrected chi connectivity index (χ2v) is 11.6. The van der Waals surface area contributed by atoms with Crippen LogP contribution in [0.25, 0.3) is 0 Å². The van der Waals surface area contributed by atoms with E-state index in [1.165, 1.54) is 55.6 Å². The largest absolute Gasteiger partial charge is 0.491 e. The van der Waals surface area contributed by atoms with Crippen molar-refractivity contribution >= 4 is 38.9 Å². The highest BCUT2D eigenvalue weighted by Crippen LogP contribution is 2.34. The van der Waals surface area contributed by atoms with Gasteiger partial charge in [-0.1, -0.05) is 11.6 Å². The Morgan fingerprint density at radius 1 is 1.17 bits per heavy atom. The van der Waals surface area contributed by atoms with E-state index in [2.05, 4.69) is 0 Å². The molecule has 4 rings (SSSR count). The molecule has 2 aromatic carbocycles. The first-order chi connectivity index (χ1) is 17.3. The lowest BCUT2D eigenvalue weighted by molar-refractivity contribution is -0.135. The molecule has 36 heavy (non-hydrogen) atoms. The molecule has 1 unspecified atom stereocenters. The van der Waals surface area contributed by atoms with Crippen LogP contribution < -0.4 is 4.74 Å². The fourth-order valence-electron chi connectivity index (χ4n) is 4.06. The summed E-state index contributed by atoms with van der Waals surface area (Å²) < 4.78 is 52.1. The molecule has 0 aliphatic carbocycles. The fraction of sp³-hybridized carbons (Fsp3) is 0.320. The van der Waals surface area contributed by atoms with Gasteiger partial charge < -0.3 is 14.4 Å². The van der Waals surface area contributed by atoms with Crippen molar-refractivity contribution in [3.05, 3.63) is 81.3 Å². The van der Waals surface area contributed by atoms with E-state index in [9.17, 15) is 17.6 Å². The molecule has 1 amide bonds. The number of thiophene rings is 1. The second kappa shape index (κ2) is 11.7. The van der Waals surface area contributed by atoms with Gasteiger partial charge in [-0.05, 0) is 72.0 Å². The van der Waals surface area contributed by atoms with Crippen LogP contribution >= 0.6 is 22.9 Å². The average Bonchev–Trinajstić information content (AvgIpc) is 3.35. The Balaban J connectivity index is 1.55. The number of halogens is 2. The van der Waals surface area contributed by atoms with Gasteiger partial charge in [-0.2, -0.15) is 4.31 Å². The molecule has 11 heteroatoms. The van der Waals surface area contributed by atoms with Crippen molar-refractivity contribution in [2.24, 2.45) is 0 Å². The maximum absolute atomic E-state index is 13.6. The summed E-state index contributed by atoms with van der Waals surface area (Å²) in [5.41, 5.74) is 0.978. The number of benzene rings is 2. The summed E-state index contributed by atoms with van der Waals surface area (Å²) in [6.07, 6.45) is 0.674. The molecular formula is C25H26ClFN2O5S2. The number of nitrogens with zero attached hydrogens (tertiary/aromatic N) is 2. The van der Waals surface area contributed by atoms with Gasteiger partial charge >= 0.3 is 0 Å². The molecule has 7 nitrogen and oxygen atoms in total. The van der Waals surface area contributed by atoms with Gasteiger partial charge in [0.05, 0.1) is 24.1 Å². The number of methoxy groups -OCH3 is 1. The summed E-state index contributed by atoms with van der Waals surface area (Å²) in [5.74, 6) is -0.221. The molecule has 1 aliphatic rings. The maximum Gasteiger partial charge on any atom is 0.243 e. The maximum atomic E-state index is 13.6. The molecule has 0 bridgehead atoms. The monoisotopic (exact) mass is 552 g/mol. The number of carbonyl (C=O) groups excluding carboxylic acids is 1. The number of fused-ring (bicyclic) bond motifs is 1. The van der Waals surface area contributed by atoms with Crippen molar-refractivity contribution in [1.29, 1.82) is 0 Å². The molecule has 1 aliphatic heterocycles. The minimum Gasteiger partial charge on any atom is -0.491 e. The first-order valence-electron chi connectivity index (χ1n) is 11.3. The zero-order valence-electron chi connectivity index (χ0n) is 19.6. The minimum atomic E-state index is -3.97. The van der Waals surface area contributed by atoms with Gasteiger partial charge in [0.25, 0.3) is 0 Å². The Bertz CT molecular complexity index is 1280. The Kier molecular flexibility index (Phi) is 8.63. The lowest BCUT2D eigenvalue weighted by atomic mass is 10.0. The van der Waals surface area contributed by atoms with Crippen LogP contribution in [0.5, 0.6) is 5.75 Å². The number of rotatable bonds is 10. The van der Waals surface area contributed by atoms with Crippen molar-refractivity contribution in [3.8, 4) is 5.75 Å².